The molecule has 0 aliphatic heterocycles. The van der Waals surface area contributed by atoms with E-state index in [4.69, 9.17) is 4.52 Å². The molecule has 0 aliphatic carbocycles. The van der Waals surface area contributed by atoms with Gasteiger partial charge in [-0.15, -0.1) is 0 Å². The Bertz CT molecular complexity index is 544. The fourth-order valence-electron chi connectivity index (χ4n) is 1.54. The molecule has 2 aromatic heterocycles. The molecule has 0 aromatic carbocycles. The van der Waals surface area contributed by atoms with Gasteiger partial charge in [0.2, 0.25) is 0 Å². The second kappa shape index (κ2) is 5.30. The van der Waals surface area contributed by atoms with Crippen molar-refractivity contribution < 1.29 is 9.32 Å². The summed E-state index contributed by atoms with van der Waals surface area (Å²) in [6, 6.07) is 3.44. The minimum atomic E-state index is -0.171. The summed E-state index contributed by atoms with van der Waals surface area (Å²) in [5, 5.41) is 6.64. The van der Waals surface area contributed by atoms with Crippen molar-refractivity contribution in [3.8, 4) is 0 Å². The Kier molecular flexibility index (Phi) is 3.76. The first kappa shape index (κ1) is 12.8. The summed E-state index contributed by atoms with van der Waals surface area (Å²) in [5.41, 5.74) is 2.22. The molecule has 0 spiro atoms. The van der Waals surface area contributed by atoms with Crippen molar-refractivity contribution >= 4 is 21.8 Å². The molecule has 0 aliphatic rings. The van der Waals surface area contributed by atoms with Crippen LogP contribution in [-0.2, 0) is 6.54 Å². The number of aromatic nitrogens is 2. The normalized spacial score (nSPS) is 10.4. The smallest absolute Gasteiger partial charge is 0.253 e. The quantitative estimate of drug-likeness (QED) is 0.884. The van der Waals surface area contributed by atoms with Gasteiger partial charge in [-0.25, -0.2) is 4.98 Å². The van der Waals surface area contributed by atoms with Gasteiger partial charge < -0.3 is 9.84 Å². The van der Waals surface area contributed by atoms with Crippen molar-refractivity contribution in [2.75, 3.05) is 0 Å². The van der Waals surface area contributed by atoms with Crippen molar-refractivity contribution in [2.45, 2.75) is 20.4 Å². The van der Waals surface area contributed by atoms with Crippen molar-refractivity contribution in [1.82, 2.24) is 15.5 Å². The molecule has 0 atom stereocenters. The minimum absolute atomic E-state index is 0.171. The molecule has 2 rings (SSSR count). The fourth-order valence-corrected chi connectivity index (χ4v) is 1.77. The number of hydrogen-bond acceptors (Lipinski definition) is 4. The monoisotopic (exact) mass is 309 g/mol. The molecule has 2 heterocycles. The van der Waals surface area contributed by atoms with Crippen molar-refractivity contribution in [1.29, 1.82) is 0 Å². The minimum Gasteiger partial charge on any atom is -0.361 e. The molecule has 6 heteroatoms. The lowest BCUT2D eigenvalue weighted by atomic mass is 10.2. The molecule has 0 radical (unpaired) electrons. The standard InChI is InChI=1S/C12H12BrN3O2/c1-7-10(8(2)18-16-7)6-15-12(17)9-3-4-11(13)14-5-9/h3-5H,6H2,1-2H3,(H,15,17). The zero-order valence-corrected chi connectivity index (χ0v) is 11.6. The number of nitrogens with zero attached hydrogens (tertiary/aromatic N) is 2. The van der Waals surface area contributed by atoms with Crippen LogP contribution in [0.1, 0.15) is 27.4 Å². The van der Waals surface area contributed by atoms with Gasteiger partial charge in [0.05, 0.1) is 11.3 Å². The van der Waals surface area contributed by atoms with Crippen LogP contribution >= 0.6 is 15.9 Å². The number of nitrogens with one attached hydrogen (secondary N) is 1. The number of pyridine rings is 1. The second-order valence-corrected chi connectivity index (χ2v) is 4.67. The van der Waals surface area contributed by atoms with E-state index in [1.807, 2.05) is 13.8 Å². The molecular formula is C12H12BrN3O2. The molecule has 1 amide bonds. The number of carbonyl (C=O) groups excluding carboxylic acids is 1. The van der Waals surface area contributed by atoms with Gasteiger partial charge in [-0.05, 0) is 41.9 Å². The highest BCUT2D eigenvalue weighted by Gasteiger charge is 2.11. The van der Waals surface area contributed by atoms with Crippen LogP contribution in [-0.4, -0.2) is 16.0 Å². The van der Waals surface area contributed by atoms with Crippen LogP contribution in [0.2, 0.25) is 0 Å². The van der Waals surface area contributed by atoms with E-state index in [1.54, 1.807) is 12.1 Å². The Morgan fingerprint density at radius 3 is 2.78 bits per heavy atom. The zero-order valence-electron chi connectivity index (χ0n) is 10.0. The maximum atomic E-state index is 11.9. The molecule has 0 unspecified atom stereocenters. The van der Waals surface area contributed by atoms with Crippen molar-refractivity contribution in [3.05, 3.63) is 45.5 Å². The molecule has 1 N–H and O–H groups in total. The largest absolute Gasteiger partial charge is 0.361 e. The van der Waals surface area contributed by atoms with Gasteiger partial charge in [0, 0.05) is 18.3 Å². The molecule has 2 aromatic rings. The van der Waals surface area contributed by atoms with Crippen LogP contribution in [0.15, 0.2) is 27.5 Å². The number of amides is 1. The number of halogens is 1. The Morgan fingerprint density at radius 1 is 1.44 bits per heavy atom. The number of rotatable bonds is 3. The summed E-state index contributed by atoms with van der Waals surface area (Å²) in [6.07, 6.45) is 1.52. The van der Waals surface area contributed by atoms with Crippen LogP contribution in [0.3, 0.4) is 0 Å². The highest BCUT2D eigenvalue weighted by Crippen LogP contribution is 2.12. The molecule has 0 fully saturated rings. The average molecular weight is 310 g/mol. The van der Waals surface area contributed by atoms with Gasteiger partial charge in [-0.2, -0.15) is 0 Å². The van der Waals surface area contributed by atoms with E-state index in [0.717, 1.165) is 17.0 Å². The third-order valence-electron chi connectivity index (χ3n) is 2.60. The van der Waals surface area contributed by atoms with Gasteiger partial charge >= 0.3 is 0 Å². The molecule has 0 saturated carbocycles. The lowest BCUT2D eigenvalue weighted by Crippen LogP contribution is -2.23. The Labute approximate surface area is 113 Å². The maximum absolute atomic E-state index is 11.9. The third kappa shape index (κ3) is 2.76. The van der Waals surface area contributed by atoms with Gasteiger partial charge in [0.25, 0.3) is 5.91 Å². The summed E-state index contributed by atoms with van der Waals surface area (Å²) in [7, 11) is 0. The highest BCUT2D eigenvalue weighted by atomic mass is 79.9. The predicted molar refractivity (Wildman–Crippen MR) is 69.1 cm³/mol. The van der Waals surface area contributed by atoms with E-state index in [2.05, 4.69) is 31.4 Å². The molecule has 0 saturated heterocycles. The van der Waals surface area contributed by atoms with Gasteiger partial charge in [0.15, 0.2) is 0 Å². The fraction of sp³-hybridized carbons (Fsp3) is 0.250. The van der Waals surface area contributed by atoms with Crippen LogP contribution in [0.25, 0.3) is 0 Å². The molecule has 18 heavy (non-hydrogen) atoms. The van der Waals surface area contributed by atoms with Crippen LogP contribution < -0.4 is 5.32 Å². The maximum Gasteiger partial charge on any atom is 0.253 e. The molecule has 5 nitrogen and oxygen atoms in total. The first-order valence-corrected chi connectivity index (χ1v) is 6.18. The summed E-state index contributed by atoms with van der Waals surface area (Å²) < 4.78 is 5.73. The third-order valence-corrected chi connectivity index (χ3v) is 3.07. The van der Waals surface area contributed by atoms with Gasteiger partial charge in [0.1, 0.15) is 10.4 Å². The first-order valence-electron chi connectivity index (χ1n) is 5.39. The van der Waals surface area contributed by atoms with Crippen LogP contribution in [0.4, 0.5) is 0 Å². The van der Waals surface area contributed by atoms with Crippen LogP contribution in [0, 0.1) is 13.8 Å². The summed E-state index contributed by atoms with van der Waals surface area (Å²) >= 11 is 3.22. The van der Waals surface area contributed by atoms with E-state index in [-0.39, 0.29) is 5.91 Å². The van der Waals surface area contributed by atoms with E-state index in [1.165, 1.54) is 6.20 Å². The number of carbonyl (C=O) groups is 1. The van der Waals surface area contributed by atoms with E-state index in [9.17, 15) is 4.79 Å². The van der Waals surface area contributed by atoms with E-state index < -0.39 is 0 Å². The zero-order chi connectivity index (χ0) is 13.1. The second-order valence-electron chi connectivity index (χ2n) is 3.85. The van der Waals surface area contributed by atoms with Crippen molar-refractivity contribution in [3.63, 3.8) is 0 Å². The molecule has 0 bridgehead atoms. The lowest BCUT2D eigenvalue weighted by molar-refractivity contribution is 0.0950. The average Bonchev–Trinajstić information content (AvgIpc) is 2.67. The molecular weight excluding hydrogens is 298 g/mol. The summed E-state index contributed by atoms with van der Waals surface area (Å²) in [4.78, 5) is 15.9. The van der Waals surface area contributed by atoms with Gasteiger partial charge in [-0.1, -0.05) is 5.16 Å². The van der Waals surface area contributed by atoms with Crippen molar-refractivity contribution in [2.24, 2.45) is 0 Å². The Balaban J connectivity index is 2.03. The number of aryl methyl sites for hydroxylation is 2. The SMILES string of the molecule is Cc1noc(C)c1CNC(=O)c1ccc(Br)nc1. The summed E-state index contributed by atoms with van der Waals surface area (Å²) in [5.74, 6) is 0.553. The molecule has 94 valence electrons. The predicted octanol–water partition coefficient (Wildman–Crippen LogP) is 2.38. The number of hydrogen-bond donors (Lipinski definition) is 1. The lowest BCUT2D eigenvalue weighted by Gasteiger charge is -2.04. The topological polar surface area (TPSA) is 68.0 Å². The first-order chi connectivity index (χ1) is 8.58. The Morgan fingerprint density at radius 2 is 2.22 bits per heavy atom. The summed E-state index contributed by atoms with van der Waals surface area (Å²) in [6.45, 7) is 4.07. The highest BCUT2D eigenvalue weighted by molar-refractivity contribution is 9.10. The van der Waals surface area contributed by atoms with E-state index in [0.29, 0.717) is 16.7 Å². The van der Waals surface area contributed by atoms with Crippen LogP contribution in [0.5, 0.6) is 0 Å². The Hall–Kier alpha value is -1.69. The van der Waals surface area contributed by atoms with Gasteiger partial charge in [-0.3, -0.25) is 4.79 Å². The van der Waals surface area contributed by atoms with E-state index >= 15 is 0 Å².